The normalized spacial score (nSPS) is 22.3. The molecule has 0 N–H and O–H groups in total. The number of imidazole rings is 1. The van der Waals surface area contributed by atoms with Gasteiger partial charge < -0.3 is 14.0 Å². The maximum absolute atomic E-state index is 15.1. The van der Waals surface area contributed by atoms with E-state index in [1.54, 1.807) is 28.8 Å². The molecule has 10 heteroatoms. The molecule has 0 unspecified atom stereocenters. The first-order chi connectivity index (χ1) is 17.3. The summed E-state index contributed by atoms with van der Waals surface area (Å²) in [6.45, 7) is -3.29. The Balaban J connectivity index is 1.43. The van der Waals surface area contributed by atoms with Crippen molar-refractivity contribution in [2.45, 2.75) is 30.9 Å². The Morgan fingerprint density at radius 3 is 2.75 bits per heavy atom. The van der Waals surface area contributed by atoms with Gasteiger partial charge in [-0.15, -0.1) is 0 Å². The zero-order valence-electron chi connectivity index (χ0n) is 18.6. The third-order valence-electron chi connectivity index (χ3n) is 6.53. The Bertz CT molecular complexity index is 1500. The topological polar surface area (TPSA) is 48.6 Å². The van der Waals surface area contributed by atoms with Gasteiger partial charge in [0.25, 0.3) is 0 Å². The molecule has 1 aromatic heterocycles. The summed E-state index contributed by atoms with van der Waals surface area (Å²) >= 11 is 0. The van der Waals surface area contributed by atoms with Crippen molar-refractivity contribution in [1.29, 1.82) is 0 Å². The van der Waals surface area contributed by atoms with E-state index in [1.165, 1.54) is 30.5 Å². The fourth-order valence-electron chi connectivity index (χ4n) is 4.78. The van der Waals surface area contributed by atoms with Gasteiger partial charge in [-0.05, 0) is 24.3 Å². The quantitative estimate of drug-likeness (QED) is 0.318. The maximum atomic E-state index is 15.1. The highest BCUT2D eigenvalue weighted by atomic mass is 19.3. The van der Waals surface area contributed by atoms with Gasteiger partial charge in [0.15, 0.2) is 6.17 Å². The molecule has 36 heavy (non-hydrogen) atoms. The van der Waals surface area contributed by atoms with E-state index < -0.39 is 30.3 Å². The van der Waals surface area contributed by atoms with E-state index in [0.717, 1.165) is 0 Å². The average molecular weight is 499 g/mol. The zero-order chi connectivity index (χ0) is 25.0. The Kier molecular flexibility index (Phi) is 5.31. The van der Waals surface area contributed by atoms with Gasteiger partial charge in [-0.25, -0.2) is 23.1 Å². The van der Waals surface area contributed by atoms with Crippen LogP contribution in [0.3, 0.4) is 0 Å². The molecule has 0 aliphatic carbocycles. The smallest absolute Gasteiger partial charge is 0.387 e. The summed E-state index contributed by atoms with van der Waals surface area (Å²) in [6.07, 6.45) is 2.84. The summed E-state index contributed by atoms with van der Waals surface area (Å²) in [5.74, 6) is -0.608. The Morgan fingerprint density at radius 2 is 2.00 bits per heavy atom. The number of fused-ring (bicyclic) bond motifs is 3. The van der Waals surface area contributed by atoms with E-state index >= 15 is 8.78 Å². The van der Waals surface area contributed by atoms with Crippen molar-refractivity contribution in [3.63, 3.8) is 0 Å². The van der Waals surface area contributed by atoms with E-state index in [1.807, 2.05) is 0 Å². The van der Waals surface area contributed by atoms with Gasteiger partial charge in [0.2, 0.25) is 5.67 Å². The molecule has 5 nitrogen and oxygen atoms in total. The van der Waals surface area contributed by atoms with Gasteiger partial charge in [0.05, 0.1) is 30.3 Å². The number of alkyl halides is 4. The van der Waals surface area contributed by atoms with Crippen molar-refractivity contribution < 1.29 is 31.4 Å². The predicted molar refractivity (Wildman–Crippen MR) is 122 cm³/mol. The number of halogens is 5. The molecule has 1 saturated heterocycles. The van der Waals surface area contributed by atoms with Crippen LogP contribution in [0.25, 0.3) is 16.6 Å². The number of hydrogen-bond donors (Lipinski definition) is 0. The minimum absolute atomic E-state index is 0.0323. The van der Waals surface area contributed by atoms with E-state index in [0.29, 0.717) is 16.7 Å². The summed E-state index contributed by atoms with van der Waals surface area (Å²) < 4.78 is 82.1. The van der Waals surface area contributed by atoms with Crippen LogP contribution in [0.15, 0.2) is 65.0 Å². The molecule has 0 radical (unpaired) electrons. The molecule has 3 aliphatic rings. The number of nitrogens with zero attached hydrogens (tertiary/aromatic N) is 3. The van der Waals surface area contributed by atoms with Gasteiger partial charge >= 0.3 is 6.61 Å². The van der Waals surface area contributed by atoms with Crippen LogP contribution in [0.5, 0.6) is 5.75 Å². The lowest BCUT2D eigenvalue weighted by Crippen LogP contribution is -2.46. The van der Waals surface area contributed by atoms with Crippen LogP contribution in [0.2, 0.25) is 0 Å². The van der Waals surface area contributed by atoms with E-state index in [4.69, 9.17) is 4.74 Å². The lowest BCUT2D eigenvalue weighted by Gasteiger charge is -2.32. The minimum Gasteiger partial charge on any atom is -0.434 e. The summed E-state index contributed by atoms with van der Waals surface area (Å²) in [7, 11) is 0. The number of allylic oxidation sites excluding steroid dienone is 2. The van der Waals surface area contributed by atoms with Crippen molar-refractivity contribution in [1.82, 2.24) is 9.55 Å². The highest BCUT2D eigenvalue weighted by Gasteiger charge is 2.43. The second kappa shape index (κ2) is 8.43. The molecule has 3 aliphatic heterocycles. The van der Waals surface area contributed by atoms with Crippen LogP contribution in [-0.2, 0) is 4.74 Å². The maximum Gasteiger partial charge on any atom is 0.387 e. The number of aromatic nitrogens is 2. The minimum atomic E-state index is -3.04. The summed E-state index contributed by atoms with van der Waals surface area (Å²) in [5, 5.41) is 0. The molecule has 0 saturated carbocycles. The molecule has 0 bridgehead atoms. The Hall–Kier alpha value is -3.75. The Morgan fingerprint density at radius 1 is 1.19 bits per heavy atom. The SMILES string of the molecule is Fc1cc2nc3n(c2cc1C1=CC=C=C(C2(F)COC2)N=C1)[C@@H](c1ccccc1OC(F)F)C[C@@H]3F. The van der Waals surface area contributed by atoms with Crippen LogP contribution in [0.1, 0.15) is 35.6 Å². The van der Waals surface area contributed by atoms with Gasteiger partial charge in [-0.1, -0.05) is 23.9 Å². The summed E-state index contributed by atoms with van der Waals surface area (Å²) in [6, 6.07) is 8.20. The third kappa shape index (κ3) is 3.65. The number of para-hydroxylation sites is 1. The van der Waals surface area contributed by atoms with Crippen LogP contribution in [0.4, 0.5) is 22.0 Å². The molecule has 4 heterocycles. The molecule has 184 valence electrons. The third-order valence-corrected chi connectivity index (χ3v) is 6.53. The van der Waals surface area contributed by atoms with Crippen LogP contribution >= 0.6 is 0 Å². The summed E-state index contributed by atoms with van der Waals surface area (Å²) in [4.78, 5) is 8.45. The molecular weight excluding hydrogens is 481 g/mol. The molecular formula is C26H18F5N3O2. The molecule has 6 rings (SSSR count). The highest BCUT2D eigenvalue weighted by Crippen LogP contribution is 2.46. The van der Waals surface area contributed by atoms with E-state index in [-0.39, 0.29) is 48.0 Å². The fourth-order valence-corrected chi connectivity index (χ4v) is 4.78. The highest BCUT2D eigenvalue weighted by molar-refractivity contribution is 6.11. The number of ether oxygens (including phenoxy) is 2. The lowest BCUT2D eigenvalue weighted by molar-refractivity contribution is -0.107. The van der Waals surface area contributed by atoms with Crippen molar-refractivity contribution in [2.24, 2.45) is 4.99 Å². The monoisotopic (exact) mass is 499 g/mol. The van der Waals surface area contributed by atoms with Crippen molar-refractivity contribution in [3.05, 3.63) is 82.7 Å². The van der Waals surface area contributed by atoms with Crippen LogP contribution in [0, 0.1) is 5.82 Å². The molecule has 3 aromatic rings. The number of benzene rings is 2. The second-order valence-electron chi connectivity index (χ2n) is 8.79. The van der Waals surface area contributed by atoms with Gasteiger partial charge in [0.1, 0.15) is 23.1 Å². The van der Waals surface area contributed by atoms with E-state index in [9.17, 15) is 13.2 Å². The zero-order valence-corrected chi connectivity index (χ0v) is 18.6. The second-order valence-corrected chi connectivity index (χ2v) is 8.79. The average Bonchev–Trinajstić information content (AvgIpc) is 3.22. The molecule has 2 aromatic carbocycles. The largest absolute Gasteiger partial charge is 0.434 e. The van der Waals surface area contributed by atoms with Gasteiger partial charge in [0, 0.05) is 35.4 Å². The number of aliphatic imine (C=N–C) groups is 1. The lowest BCUT2D eigenvalue weighted by atomic mass is 10.0. The van der Waals surface area contributed by atoms with Crippen LogP contribution < -0.4 is 4.74 Å². The first kappa shape index (κ1) is 22.7. The van der Waals surface area contributed by atoms with E-state index in [2.05, 4.69) is 20.4 Å². The van der Waals surface area contributed by atoms with Crippen molar-refractivity contribution >= 4 is 22.8 Å². The molecule has 0 spiro atoms. The predicted octanol–water partition coefficient (Wildman–Crippen LogP) is 6.03. The Labute approximate surface area is 201 Å². The van der Waals surface area contributed by atoms with Crippen molar-refractivity contribution in [3.8, 4) is 5.75 Å². The molecule has 0 amide bonds. The molecule has 2 atom stereocenters. The van der Waals surface area contributed by atoms with Gasteiger partial charge in [-0.2, -0.15) is 8.78 Å². The standard InChI is InChI=1S/C26H18F5N3O2/c27-17-9-19-21(8-16(17)14-4-3-7-23(32-11-14)26(31)12-35-13-26)34-20(10-18(28)24(34)33-19)15-5-1-2-6-22(15)36-25(29)30/h1-6,8-9,11,18,20,25H,10,12-13H2/t18-,20+/m0/s1. The van der Waals surface area contributed by atoms with Gasteiger partial charge in [-0.3, -0.25) is 0 Å². The molecule has 1 fully saturated rings. The first-order valence-corrected chi connectivity index (χ1v) is 11.2. The fraction of sp³-hybridized carbons (Fsp3) is 0.269. The summed E-state index contributed by atoms with van der Waals surface area (Å²) in [5.41, 5.74) is 2.60. The number of hydrogen-bond acceptors (Lipinski definition) is 4. The first-order valence-electron chi connectivity index (χ1n) is 11.2. The number of rotatable bonds is 5. The van der Waals surface area contributed by atoms with Crippen molar-refractivity contribution in [2.75, 3.05) is 13.2 Å². The van der Waals surface area contributed by atoms with Crippen LogP contribution in [-0.4, -0.2) is 41.3 Å².